The first kappa shape index (κ1) is 35.7. The van der Waals surface area contributed by atoms with E-state index in [9.17, 15) is 65.3 Å². The normalized spacial score (nSPS) is 12.9. The number of rotatable bonds is 8. The minimum absolute atomic E-state index is 0.104. The van der Waals surface area contributed by atoms with E-state index in [0.29, 0.717) is 0 Å². The summed E-state index contributed by atoms with van der Waals surface area (Å²) in [5, 5.41) is -6.02. The minimum atomic E-state index is -6.42. The Balaban J connectivity index is 0. The number of halogens is 11. The van der Waals surface area contributed by atoms with Crippen molar-refractivity contribution < 1.29 is 84.0 Å². The molecule has 0 aliphatic heterocycles. The third kappa shape index (κ3) is 13.0. The molecule has 0 fully saturated rings. The van der Waals surface area contributed by atoms with Crippen LogP contribution in [0.3, 0.4) is 0 Å². The molecule has 0 radical (unpaired) electrons. The van der Waals surface area contributed by atoms with E-state index in [1.54, 1.807) is 18.2 Å². The van der Waals surface area contributed by atoms with E-state index in [1.165, 1.54) is 17.1 Å². The van der Waals surface area contributed by atoms with Gasteiger partial charge in [-0.1, -0.05) is 24.8 Å². The van der Waals surface area contributed by atoms with Gasteiger partial charge in [-0.15, -0.1) is 4.94 Å². The fourth-order valence-corrected chi connectivity index (χ4v) is 2.21. The van der Waals surface area contributed by atoms with E-state index in [1.807, 2.05) is 0 Å². The SMILES string of the molecule is C=C(F)OC(F)(F)CC(F)(F)F.C=Cc1ccc(S(=O)(=O)O)cc1.O=S(=O)(O)C(F)(F)C(F)(F)OF. The second-order valence-electron chi connectivity index (χ2n) is 5.72. The van der Waals surface area contributed by atoms with E-state index < -0.39 is 56.3 Å². The molecule has 0 spiro atoms. The summed E-state index contributed by atoms with van der Waals surface area (Å²) >= 11 is 0. The van der Waals surface area contributed by atoms with Crippen molar-refractivity contribution in [2.75, 3.05) is 0 Å². The van der Waals surface area contributed by atoms with E-state index in [4.69, 9.17) is 9.11 Å². The lowest BCUT2D eigenvalue weighted by molar-refractivity contribution is -0.403. The molecule has 0 atom stereocenters. The maximum absolute atomic E-state index is 11.9. The molecule has 0 bridgehead atoms. The van der Waals surface area contributed by atoms with Gasteiger partial charge in [0.25, 0.3) is 16.1 Å². The smallest absolute Gasteiger partial charge is 0.406 e. The fraction of sp³-hybridized carbons (Fsp3) is 0.333. The lowest BCUT2D eigenvalue weighted by atomic mass is 10.2. The first-order valence-corrected chi connectivity index (χ1v) is 10.8. The zero-order chi connectivity index (χ0) is 29.4. The zero-order valence-electron chi connectivity index (χ0n) is 16.8. The Labute approximate surface area is 195 Å². The number of hydrogen-bond donors (Lipinski definition) is 2. The maximum atomic E-state index is 11.9. The third-order valence-electron chi connectivity index (χ3n) is 2.84. The second-order valence-corrected chi connectivity index (χ2v) is 8.60. The zero-order valence-corrected chi connectivity index (χ0v) is 18.5. The van der Waals surface area contributed by atoms with Crippen molar-refractivity contribution in [3.63, 3.8) is 0 Å². The molecule has 2 N–H and O–H groups in total. The van der Waals surface area contributed by atoms with Crippen molar-refractivity contribution in [3.05, 3.63) is 49.0 Å². The van der Waals surface area contributed by atoms with Gasteiger partial charge in [-0.3, -0.25) is 9.11 Å². The van der Waals surface area contributed by atoms with Crippen molar-refractivity contribution in [2.45, 2.75) is 35.0 Å². The average molecular weight is 594 g/mol. The summed E-state index contributed by atoms with van der Waals surface area (Å²) in [4.78, 5) is 1.30. The van der Waals surface area contributed by atoms with E-state index in [2.05, 4.69) is 17.9 Å². The summed E-state index contributed by atoms with van der Waals surface area (Å²) in [7, 11) is -10.5. The van der Waals surface area contributed by atoms with Gasteiger partial charge in [0.1, 0.15) is 6.42 Å². The lowest BCUT2D eigenvalue weighted by Crippen LogP contribution is -2.47. The molecule has 36 heavy (non-hydrogen) atoms. The standard InChI is InChI=1S/C8H8O3S.C5H4F6O.C2HF5O4S/c1-2-7-3-5-8(6-4-7)12(9,10)11;1-3(6)12-5(10,11)2-4(7,8)9;3-1(4,11-7)2(5,6)12(8,9)10/h2-6H,1H2,(H,9,10,11);1-2H2;(H,8,9,10). The van der Waals surface area contributed by atoms with Crippen LogP contribution < -0.4 is 0 Å². The van der Waals surface area contributed by atoms with Crippen LogP contribution in [0.15, 0.2) is 48.3 Å². The van der Waals surface area contributed by atoms with Crippen LogP contribution in [0.2, 0.25) is 0 Å². The molecule has 0 aromatic heterocycles. The van der Waals surface area contributed by atoms with Gasteiger partial charge in [-0.2, -0.15) is 60.7 Å². The first-order chi connectivity index (χ1) is 15.7. The Hall–Kier alpha value is -2.49. The molecule has 0 saturated heterocycles. The highest BCUT2D eigenvalue weighted by Crippen LogP contribution is 2.39. The summed E-state index contributed by atoms with van der Waals surface area (Å²) in [6.45, 7) is 5.74. The molecule has 210 valence electrons. The van der Waals surface area contributed by atoms with E-state index in [0.717, 1.165) is 5.56 Å². The Kier molecular flexibility index (Phi) is 12.5. The predicted octanol–water partition coefficient (Wildman–Crippen LogP) is 5.53. The van der Waals surface area contributed by atoms with Crippen LogP contribution in [-0.2, 0) is 29.9 Å². The molecule has 0 aliphatic carbocycles. The van der Waals surface area contributed by atoms with E-state index >= 15 is 0 Å². The molecule has 0 unspecified atom stereocenters. The first-order valence-electron chi connectivity index (χ1n) is 7.93. The van der Waals surface area contributed by atoms with Crippen LogP contribution in [0.1, 0.15) is 12.0 Å². The van der Waals surface area contributed by atoms with Gasteiger partial charge in [0.15, 0.2) is 0 Å². The molecule has 1 aromatic rings. The van der Waals surface area contributed by atoms with Crippen LogP contribution in [0.4, 0.5) is 48.4 Å². The molecular formula is C15H13F11O8S2. The Bertz CT molecular complexity index is 1080. The quantitative estimate of drug-likeness (QED) is 0.229. The highest BCUT2D eigenvalue weighted by molar-refractivity contribution is 7.87. The summed E-state index contributed by atoms with van der Waals surface area (Å²) in [5.41, 5.74) is 0.808. The minimum Gasteiger partial charge on any atom is -0.406 e. The third-order valence-corrected chi connectivity index (χ3v) is 4.59. The molecule has 1 rings (SSSR count). The largest absolute Gasteiger partial charge is 0.467 e. The second kappa shape index (κ2) is 12.7. The fourth-order valence-electron chi connectivity index (χ4n) is 1.40. The summed E-state index contributed by atoms with van der Waals surface area (Å²) in [6, 6.07) is 3.83. The number of benzene rings is 1. The summed E-state index contributed by atoms with van der Waals surface area (Å²) in [6.07, 6.45) is -16.6. The van der Waals surface area contributed by atoms with Crippen LogP contribution in [0.5, 0.6) is 0 Å². The Morgan fingerprint density at radius 1 is 0.917 bits per heavy atom. The molecule has 0 aliphatic rings. The molecule has 1 aromatic carbocycles. The average Bonchev–Trinajstić information content (AvgIpc) is 2.64. The van der Waals surface area contributed by atoms with Crippen molar-refractivity contribution in [1.82, 2.24) is 0 Å². The van der Waals surface area contributed by atoms with Gasteiger partial charge in [0, 0.05) is 0 Å². The van der Waals surface area contributed by atoms with Crippen molar-refractivity contribution >= 4 is 26.3 Å². The number of ether oxygens (including phenoxy) is 1. The van der Waals surface area contributed by atoms with Gasteiger partial charge in [0.2, 0.25) is 0 Å². The molecule has 0 saturated carbocycles. The highest BCUT2D eigenvalue weighted by Gasteiger charge is 2.68. The summed E-state index contributed by atoms with van der Waals surface area (Å²) in [5.74, 6) is 0. The van der Waals surface area contributed by atoms with Crippen molar-refractivity contribution in [2.24, 2.45) is 0 Å². The number of alkyl halides is 9. The van der Waals surface area contributed by atoms with Gasteiger partial charge >= 0.3 is 33.8 Å². The van der Waals surface area contributed by atoms with Crippen LogP contribution >= 0.6 is 0 Å². The van der Waals surface area contributed by atoms with Crippen molar-refractivity contribution in [1.29, 1.82) is 0 Å². The molecule has 21 heteroatoms. The number of hydrogen-bond acceptors (Lipinski definition) is 6. The molecular weight excluding hydrogens is 581 g/mol. The van der Waals surface area contributed by atoms with Crippen LogP contribution in [0, 0.1) is 0 Å². The Morgan fingerprint density at radius 2 is 1.33 bits per heavy atom. The van der Waals surface area contributed by atoms with E-state index in [-0.39, 0.29) is 4.90 Å². The van der Waals surface area contributed by atoms with Crippen molar-refractivity contribution in [3.8, 4) is 0 Å². The lowest BCUT2D eigenvalue weighted by Gasteiger charge is -2.18. The van der Waals surface area contributed by atoms with Crippen LogP contribution in [0.25, 0.3) is 6.08 Å². The van der Waals surface area contributed by atoms with Gasteiger partial charge in [-0.25, -0.2) is 0 Å². The van der Waals surface area contributed by atoms with Gasteiger partial charge in [0.05, 0.1) is 4.90 Å². The predicted molar refractivity (Wildman–Crippen MR) is 96.9 cm³/mol. The monoisotopic (exact) mass is 594 g/mol. The topological polar surface area (TPSA) is 127 Å². The molecule has 0 amide bonds. The van der Waals surface area contributed by atoms with Crippen LogP contribution in [-0.4, -0.2) is 49.6 Å². The highest BCUT2D eigenvalue weighted by atomic mass is 32.2. The maximum Gasteiger partial charge on any atom is 0.467 e. The molecule has 0 heterocycles. The van der Waals surface area contributed by atoms with Gasteiger partial charge < -0.3 is 4.74 Å². The molecule has 8 nitrogen and oxygen atoms in total. The summed E-state index contributed by atoms with van der Waals surface area (Å²) < 4.78 is 186. The van der Waals surface area contributed by atoms with Gasteiger partial charge in [-0.05, 0) is 28.8 Å². The Morgan fingerprint density at radius 3 is 1.56 bits per heavy atom.